The second-order valence-electron chi connectivity index (χ2n) is 6.36. The first-order chi connectivity index (χ1) is 11.4. The van der Waals surface area contributed by atoms with Gasteiger partial charge in [0.25, 0.3) is 5.91 Å². The van der Waals surface area contributed by atoms with Gasteiger partial charge >= 0.3 is 0 Å². The molecule has 0 atom stereocenters. The minimum absolute atomic E-state index is 0.0905. The largest absolute Gasteiger partial charge is 0.336 e. The monoisotopic (exact) mass is 349 g/mol. The van der Waals surface area contributed by atoms with Gasteiger partial charge in [0.1, 0.15) is 6.33 Å². The molecule has 2 heterocycles. The van der Waals surface area contributed by atoms with Crippen molar-refractivity contribution in [1.29, 1.82) is 0 Å². The highest BCUT2D eigenvalue weighted by Crippen LogP contribution is 2.22. The second kappa shape index (κ2) is 6.31. The third kappa shape index (κ3) is 3.30. The number of aromatic nitrogens is 4. The number of carbonyl (C=O) groups excluding carboxylic acids is 1. The summed E-state index contributed by atoms with van der Waals surface area (Å²) in [6, 6.07) is 6.93. The van der Waals surface area contributed by atoms with E-state index in [0.29, 0.717) is 11.3 Å². The standard InChI is InChI=1S/C15H19N5O3S/c1-11(2)9-24(22,23)14-7-19(8-14)15(21)12-4-3-5-13(6-12)20-10-16-17-18-20/h3-6,10-11,14H,7-9H2,1-2H3. The molecule has 1 aromatic heterocycles. The summed E-state index contributed by atoms with van der Waals surface area (Å²) in [5.41, 5.74) is 1.16. The normalized spacial score (nSPS) is 15.5. The highest BCUT2D eigenvalue weighted by atomic mass is 32.2. The fraction of sp³-hybridized carbons (Fsp3) is 0.467. The van der Waals surface area contributed by atoms with Crippen molar-refractivity contribution in [3.63, 3.8) is 0 Å². The number of rotatable bonds is 5. The summed E-state index contributed by atoms with van der Waals surface area (Å²) >= 11 is 0. The Labute approximate surface area is 140 Å². The number of likely N-dealkylation sites (tertiary alicyclic amines) is 1. The Kier molecular flexibility index (Phi) is 4.35. The lowest BCUT2D eigenvalue weighted by Crippen LogP contribution is -2.57. The summed E-state index contributed by atoms with van der Waals surface area (Å²) in [6.07, 6.45) is 1.45. The minimum Gasteiger partial charge on any atom is -0.336 e. The first kappa shape index (κ1) is 16.6. The van der Waals surface area contributed by atoms with Crippen molar-refractivity contribution in [3.05, 3.63) is 36.2 Å². The van der Waals surface area contributed by atoms with Gasteiger partial charge in [0.15, 0.2) is 9.84 Å². The van der Waals surface area contributed by atoms with Crippen LogP contribution in [0.15, 0.2) is 30.6 Å². The molecule has 1 saturated heterocycles. The van der Waals surface area contributed by atoms with Crippen molar-refractivity contribution < 1.29 is 13.2 Å². The van der Waals surface area contributed by atoms with E-state index >= 15 is 0 Å². The van der Waals surface area contributed by atoms with Gasteiger partial charge in [-0.15, -0.1) is 5.10 Å². The molecule has 2 aromatic rings. The fourth-order valence-corrected chi connectivity index (χ4v) is 4.69. The molecular formula is C15H19N5O3S. The maximum atomic E-state index is 12.5. The minimum atomic E-state index is -3.14. The molecule has 3 rings (SSSR count). The molecule has 0 radical (unpaired) electrons. The van der Waals surface area contributed by atoms with Crippen LogP contribution < -0.4 is 0 Å². The van der Waals surface area contributed by atoms with E-state index in [4.69, 9.17) is 0 Å². The summed E-state index contributed by atoms with van der Waals surface area (Å²) in [5, 5.41) is 10.5. The molecule has 1 aliphatic heterocycles. The highest BCUT2D eigenvalue weighted by molar-refractivity contribution is 7.92. The Morgan fingerprint density at radius 1 is 1.33 bits per heavy atom. The van der Waals surface area contributed by atoms with Crippen LogP contribution in [0, 0.1) is 5.92 Å². The van der Waals surface area contributed by atoms with E-state index in [1.165, 1.54) is 11.0 Å². The molecule has 1 amide bonds. The predicted molar refractivity (Wildman–Crippen MR) is 87.5 cm³/mol. The summed E-state index contributed by atoms with van der Waals surface area (Å²) in [6.45, 7) is 4.26. The van der Waals surface area contributed by atoms with Gasteiger partial charge in [-0.2, -0.15) is 0 Å². The molecule has 24 heavy (non-hydrogen) atoms. The van der Waals surface area contributed by atoms with Crippen molar-refractivity contribution in [1.82, 2.24) is 25.1 Å². The molecule has 8 nitrogen and oxygen atoms in total. The smallest absolute Gasteiger partial charge is 0.254 e. The SMILES string of the molecule is CC(C)CS(=O)(=O)C1CN(C(=O)c2cccc(-n3cnnn3)c2)C1. The highest BCUT2D eigenvalue weighted by Gasteiger charge is 2.39. The molecule has 9 heteroatoms. The fourth-order valence-electron chi connectivity index (χ4n) is 2.68. The van der Waals surface area contributed by atoms with Gasteiger partial charge in [-0.05, 0) is 34.5 Å². The molecule has 1 aliphatic rings. The van der Waals surface area contributed by atoms with Gasteiger partial charge in [-0.1, -0.05) is 19.9 Å². The zero-order valence-corrected chi connectivity index (χ0v) is 14.3. The number of hydrogen-bond donors (Lipinski definition) is 0. The lowest BCUT2D eigenvalue weighted by molar-refractivity contribution is 0.0658. The topological polar surface area (TPSA) is 98.1 Å². The van der Waals surface area contributed by atoms with E-state index in [9.17, 15) is 13.2 Å². The molecule has 1 aromatic carbocycles. The number of nitrogens with zero attached hydrogens (tertiary/aromatic N) is 5. The third-order valence-electron chi connectivity index (χ3n) is 3.92. The van der Waals surface area contributed by atoms with Crippen LogP contribution in [0.1, 0.15) is 24.2 Å². The number of tetrazole rings is 1. The van der Waals surface area contributed by atoms with Gasteiger partial charge in [0.05, 0.1) is 16.7 Å². The van der Waals surface area contributed by atoms with Crippen LogP contribution in [0.5, 0.6) is 0 Å². The molecule has 1 fully saturated rings. The van der Waals surface area contributed by atoms with Crippen molar-refractivity contribution in [3.8, 4) is 5.69 Å². The Bertz CT molecular complexity index is 827. The molecule has 0 aliphatic carbocycles. The van der Waals surface area contributed by atoms with E-state index < -0.39 is 15.1 Å². The quantitative estimate of drug-likeness (QED) is 0.782. The summed E-state index contributed by atoms with van der Waals surface area (Å²) in [4.78, 5) is 14.1. The average molecular weight is 349 g/mol. The van der Waals surface area contributed by atoms with Gasteiger partial charge in [-0.25, -0.2) is 13.1 Å². The lowest BCUT2D eigenvalue weighted by Gasteiger charge is -2.39. The first-order valence-electron chi connectivity index (χ1n) is 7.71. The van der Waals surface area contributed by atoms with Crippen LogP contribution in [-0.4, -0.2) is 63.5 Å². The summed E-state index contributed by atoms with van der Waals surface area (Å²) < 4.78 is 25.8. The average Bonchev–Trinajstić information content (AvgIpc) is 2.98. The van der Waals surface area contributed by atoms with Gasteiger partial charge in [-0.3, -0.25) is 4.79 Å². The maximum absolute atomic E-state index is 12.5. The summed E-state index contributed by atoms with van der Waals surface area (Å²) in [5.74, 6) is 0.0720. The van der Waals surface area contributed by atoms with E-state index in [1.54, 1.807) is 29.2 Å². The van der Waals surface area contributed by atoms with Gasteiger partial charge < -0.3 is 4.90 Å². The molecule has 0 spiro atoms. The van der Waals surface area contributed by atoms with Gasteiger partial charge in [0, 0.05) is 18.7 Å². The Hall–Kier alpha value is -2.29. The van der Waals surface area contributed by atoms with E-state index in [-0.39, 0.29) is 30.7 Å². The van der Waals surface area contributed by atoms with Crippen LogP contribution in [0.3, 0.4) is 0 Å². The Morgan fingerprint density at radius 3 is 2.71 bits per heavy atom. The summed E-state index contributed by atoms with van der Waals surface area (Å²) in [7, 11) is -3.14. The van der Waals surface area contributed by atoms with Crippen molar-refractivity contribution in [2.24, 2.45) is 5.92 Å². The van der Waals surface area contributed by atoms with Crippen molar-refractivity contribution in [2.75, 3.05) is 18.8 Å². The number of benzene rings is 1. The molecule has 0 unspecified atom stereocenters. The number of hydrogen-bond acceptors (Lipinski definition) is 6. The van der Waals surface area contributed by atoms with E-state index in [0.717, 1.165) is 0 Å². The van der Waals surface area contributed by atoms with Crippen LogP contribution in [0.4, 0.5) is 0 Å². The van der Waals surface area contributed by atoms with Crippen LogP contribution >= 0.6 is 0 Å². The van der Waals surface area contributed by atoms with E-state index in [2.05, 4.69) is 15.5 Å². The number of carbonyl (C=O) groups is 1. The van der Waals surface area contributed by atoms with Crippen LogP contribution in [0.25, 0.3) is 5.69 Å². The van der Waals surface area contributed by atoms with E-state index in [1.807, 2.05) is 13.8 Å². The first-order valence-corrected chi connectivity index (χ1v) is 9.42. The predicted octanol–water partition coefficient (Wildman–Crippen LogP) is 0.557. The zero-order valence-electron chi connectivity index (χ0n) is 13.5. The van der Waals surface area contributed by atoms with Crippen LogP contribution in [0.2, 0.25) is 0 Å². The Balaban J connectivity index is 1.68. The number of amides is 1. The van der Waals surface area contributed by atoms with Crippen molar-refractivity contribution >= 4 is 15.7 Å². The van der Waals surface area contributed by atoms with Crippen LogP contribution in [-0.2, 0) is 9.84 Å². The molecule has 0 saturated carbocycles. The molecular weight excluding hydrogens is 330 g/mol. The molecule has 0 bridgehead atoms. The second-order valence-corrected chi connectivity index (χ2v) is 8.69. The molecule has 0 N–H and O–H groups in total. The number of sulfone groups is 1. The molecule has 128 valence electrons. The maximum Gasteiger partial charge on any atom is 0.254 e. The van der Waals surface area contributed by atoms with Crippen molar-refractivity contribution in [2.45, 2.75) is 19.1 Å². The zero-order chi connectivity index (χ0) is 17.3. The third-order valence-corrected chi connectivity index (χ3v) is 6.36. The van der Waals surface area contributed by atoms with Gasteiger partial charge in [0.2, 0.25) is 0 Å². The lowest BCUT2D eigenvalue weighted by atomic mass is 10.1. The Morgan fingerprint density at radius 2 is 2.08 bits per heavy atom.